The lowest BCUT2D eigenvalue weighted by Gasteiger charge is -2.58. The van der Waals surface area contributed by atoms with Crippen LogP contribution in [0.15, 0.2) is 24.3 Å². The lowest BCUT2D eigenvalue weighted by atomic mass is 9.47. The molecule has 0 aromatic heterocycles. The van der Waals surface area contributed by atoms with Gasteiger partial charge in [0.05, 0.1) is 5.60 Å². The van der Waals surface area contributed by atoms with E-state index in [1.54, 1.807) is 6.08 Å². The fourth-order valence-electron chi connectivity index (χ4n) is 8.74. The first-order valence-electron chi connectivity index (χ1n) is 13.1. The van der Waals surface area contributed by atoms with Gasteiger partial charge in [-0.15, -0.1) is 6.58 Å². The van der Waals surface area contributed by atoms with Crippen LogP contribution in [0.5, 0.6) is 0 Å². The summed E-state index contributed by atoms with van der Waals surface area (Å²) in [5, 5.41) is 10.9. The summed E-state index contributed by atoms with van der Waals surface area (Å²) in [7, 11) is 0. The van der Waals surface area contributed by atoms with E-state index in [0.29, 0.717) is 17.1 Å². The van der Waals surface area contributed by atoms with Gasteiger partial charge in [0.25, 0.3) is 0 Å². The number of carbonyl (C=O) groups is 1. The van der Waals surface area contributed by atoms with Crippen molar-refractivity contribution in [3.05, 3.63) is 24.3 Å². The third kappa shape index (κ3) is 3.69. The van der Waals surface area contributed by atoms with E-state index in [9.17, 15) is 9.90 Å². The zero-order valence-corrected chi connectivity index (χ0v) is 20.8. The third-order valence-corrected chi connectivity index (χ3v) is 11.0. The Labute approximate surface area is 191 Å². The minimum Gasteiger partial charge on any atom is -0.386 e. The van der Waals surface area contributed by atoms with Crippen molar-refractivity contribution < 1.29 is 9.90 Å². The summed E-state index contributed by atoms with van der Waals surface area (Å²) in [4.78, 5) is 12.1. The molecule has 1 N–H and O–H groups in total. The average Bonchev–Trinajstić information content (AvgIpc) is 3.09. The van der Waals surface area contributed by atoms with Crippen molar-refractivity contribution >= 4 is 5.78 Å². The number of hydrogen-bond donors (Lipinski definition) is 1. The van der Waals surface area contributed by atoms with Crippen LogP contribution < -0.4 is 0 Å². The number of rotatable bonds is 6. The van der Waals surface area contributed by atoms with Crippen molar-refractivity contribution in [2.45, 2.75) is 104 Å². The number of ketones is 1. The monoisotopic (exact) mass is 426 g/mol. The first-order valence-corrected chi connectivity index (χ1v) is 13.1. The Morgan fingerprint density at radius 1 is 1.19 bits per heavy atom. The Kier molecular flexibility index (Phi) is 6.12. The molecule has 4 aliphatic rings. The highest BCUT2D eigenvalue weighted by molar-refractivity contribution is 5.82. The van der Waals surface area contributed by atoms with Crippen LogP contribution in [0, 0.1) is 46.3 Å². The van der Waals surface area contributed by atoms with Gasteiger partial charge in [0.2, 0.25) is 0 Å². The first-order chi connectivity index (χ1) is 14.5. The maximum absolute atomic E-state index is 12.1. The number of allylic oxidation sites excluding steroid dienone is 2. The summed E-state index contributed by atoms with van der Waals surface area (Å²) in [6, 6.07) is 0. The Morgan fingerprint density at radius 3 is 2.61 bits per heavy atom. The van der Waals surface area contributed by atoms with Crippen molar-refractivity contribution in [1.82, 2.24) is 0 Å². The lowest BCUT2D eigenvalue weighted by molar-refractivity contribution is -0.122. The summed E-state index contributed by atoms with van der Waals surface area (Å²) in [6.07, 6.45) is 15.4. The summed E-state index contributed by atoms with van der Waals surface area (Å²) in [5.41, 5.74) is 1.47. The molecule has 0 aromatic carbocycles. The SMILES string of the molecule is C=CC(O)(CCC(C)C1CCC2C3CC=C4CC(=O)CC[C@]4(C)C3CC[C@]12C)C(C)C. The Bertz CT molecular complexity index is 750. The fourth-order valence-corrected chi connectivity index (χ4v) is 8.74. The predicted molar refractivity (Wildman–Crippen MR) is 129 cm³/mol. The molecule has 174 valence electrons. The number of carbonyl (C=O) groups excluding carboxylic acids is 1. The molecule has 3 fully saturated rings. The highest BCUT2D eigenvalue weighted by atomic mass is 16.3. The Balaban J connectivity index is 1.49. The van der Waals surface area contributed by atoms with Crippen LogP contribution in [-0.4, -0.2) is 16.5 Å². The van der Waals surface area contributed by atoms with Crippen LogP contribution >= 0.6 is 0 Å². The van der Waals surface area contributed by atoms with Gasteiger partial charge in [0.15, 0.2) is 0 Å². The topological polar surface area (TPSA) is 37.3 Å². The van der Waals surface area contributed by atoms with E-state index in [1.807, 2.05) is 0 Å². The van der Waals surface area contributed by atoms with Crippen LogP contribution in [0.1, 0.15) is 98.8 Å². The normalized spacial score (nSPS) is 42.8. The van der Waals surface area contributed by atoms with Crippen LogP contribution in [-0.2, 0) is 4.79 Å². The quantitative estimate of drug-likeness (QED) is 0.459. The van der Waals surface area contributed by atoms with Gasteiger partial charge in [-0.25, -0.2) is 0 Å². The molecule has 6 unspecified atom stereocenters. The first kappa shape index (κ1) is 23.3. The molecule has 2 nitrogen and oxygen atoms in total. The molecule has 4 aliphatic carbocycles. The van der Waals surface area contributed by atoms with Crippen molar-refractivity contribution in [3.8, 4) is 0 Å². The molecular formula is C29H46O2. The Morgan fingerprint density at radius 2 is 1.94 bits per heavy atom. The van der Waals surface area contributed by atoms with Crippen LogP contribution in [0.25, 0.3) is 0 Å². The maximum Gasteiger partial charge on any atom is 0.136 e. The van der Waals surface area contributed by atoms with Crippen molar-refractivity contribution in [2.75, 3.05) is 0 Å². The van der Waals surface area contributed by atoms with Gasteiger partial charge in [-0.2, -0.15) is 0 Å². The molecular weight excluding hydrogens is 380 g/mol. The zero-order valence-electron chi connectivity index (χ0n) is 20.8. The zero-order chi connectivity index (χ0) is 22.6. The molecule has 0 saturated heterocycles. The third-order valence-electron chi connectivity index (χ3n) is 11.0. The molecule has 0 radical (unpaired) electrons. The van der Waals surface area contributed by atoms with Crippen molar-refractivity contribution in [3.63, 3.8) is 0 Å². The standard InChI is InChI=1S/C29H46O2/c1-7-29(31,19(2)3)17-12-20(4)24-10-11-25-23-9-8-21-18-22(30)13-15-27(21,5)26(23)14-16-28(24,25)6/h7-8,19-20,23-26,31H,1,9-18H2,2-6H3/t20?,23?,24?,25?,26?,27-,28+,29?/m0/s1. The highest BCUT2D eigenvalue weighted by Crippen LogP contribution is 2.67. The predicted octanol–water partition coefficient (Wildman–Crippen LogP) is 7.12. The number of aliphatic hydroxyl groups is 1. The lowest BCUT2D eigenvalue weighted by Crippen LogP contribution is -2.50. The van der Waals surface area contributed by atoms with Gasteiger partial charge < -0.3 is 5.11 Å². The van der Waals surface area contributed by atoms with Crippen LogP contribution in [0.2, 0.25) is 0 Å². The highest BCUT2D eigenvalue weighted by Gasteiger charge is 2.59. The van der Waals surface area contributed by atoms with E-state index in [1.165, 1.54) is 37.7 Å². The van der Waals surface area contributed by atoms with Gasteiger partial charge in [0, 0.05) is 12.8 Å². The second-order valence-electron chi connectivity index (χ2n) is 12.6. The largest absolute Gasteiger partial charge is 0.386 e. The molecule has 0 heterocycles. The minimum atomic E-state index is -0.734. The smallest absolute Gasteiger partial charge is 0.136 e. The van der Waals surface area contributed by atoms with E-state index >= 15 is 0 Å². The second kappa shape index (κ2) is 8.15. The molecule has 8 atom stereocenters. The van der Waals surface area contributed by atoms with Gasteiger partial charge in [-0.05, 0) is 97.7 Å². The van der Waals surface area contributed by atoms with Crippen molar-refractivity contribution in [1.29, 1.82) is 0 Å². The molecule has 31 heavy (non-hydrogen) atoms. The van der Waals surface area contributed by atoms with E-state index in [2.05, 4.69) is 47.3 Å². The fraction of sp³-hybridized carbons (Fsp3) is 0.828. The van der Waals surface area contributed by atoms with Crippen molar-refractivity contribution in [2.24, 2.45) is 46.3 Å². The molecule has 4 rings (SSSR count). The second-order valence-corrected chi connectivity index (χ2v) is 12.6. The van der Waals surface area contributed by atoms with Gasteiger partial charge in [0.1, 0.15) is 5.78 Å². The van der Waals surface area contributed by atoms with Gasteiger partial charge in [-0.3, -0.25) is 4.79 Å². The summed E-state index contributed by atoms with van der Waals surface area (Å²) in [6.45, 7) is 15.7. The molecule has 3 saturated carbocycles. The van der Waals surface area contributed by atoms with Crippen LogP contribution in [0.3, 0.4) is 0 Å². The Hall–Kier alpha value is -0.890. The van der Waals surface area contributed by atoms with Gasteiger partial charge in [-0.1, -0.05) is 52.3 Å². The number of Topliss-reactive ketones (excluding diaryl/α,β-unsaturated/α-hetero) is 1. The van der Waals surface area contributed by atoms with E-state index in [0.717, 1.165) is 55.8 Å². The molecule has 0 amide bonds. The van der Waals surface area contributed by atoms with E-state index in [4.69, 9.17) is 0 Å². The van der Waals surface area contributed by atoms with Crippen LogP contribution in [0.4, 0.5) is 0 Å². The minimum absolute atomic E-state index is 0.214. The van der Waals surface area contributed by atoms with E-state index in [-0.39, 0.29) is 11.3 Å². The molecule has 0 aromatic rings. The molecule has 0 bridgehead atoms. The average molecular weight is 427 g/mol. The van der Waals surface area contributed by atoms with E-state index < -0.39 is 5.60 Å². The molecule has 0 aliphatic heterocycles. The summed E-state index contributed by atoms with van der Waals surface area (Å²) in [5.74, 6) is 4.50. The maximum atomic E-state index is 12.1. The number of fused-ring (bicyclic) bond motifs is 5. The summed E-state index contributed by atoms with van der Waals surface area (Å²) >= 11 is 0. The molecule has 2 heteroatoms. The van der Waals surface area contributed by atoms with Gasteiger partial charge >= 0.3 is 0 Å². The number of hydrogen-bond acceptors (Lipinski definition) is 2. The molecule has 0 spiro atoms. The summed E-state index contributed by atoms with van der Waals surface area (Å²) < 4.78 is 0.